The van der Waals surface area contributed by atoms with E-state index < -0.39 is 9.84 Å². The molecule has 2 rings (SSSR count). The minimum atomic E-state index is -2.89. The van der Waals surface area contributed by atoms with Crippen molar-refractivity contribution in [2.75, 3.05) is 25.2 Å². The van der Waals surface area contributed by atoms with Gasteiger partial charge in [0.2, 0.25) is 0 Å². The number of guanidine groups is 1. The Labute approximate surface area is 138 Å². The maximum Gasteiger partial charge on any atom is 0.191 e. The van der Waals surface area contributed by atoms with E-state index in [0.717, 1.165) is 17.7 Å². The van der Waals surface area contributed by atoms with E-state index in [4.69, 9.17) is 4.74 Å². The lowest BCUT2D eigenvalue weighted by Gasteiger charge is -2.15. The van der Waals surface area contributed by atoms with Gasteiger partial charge in [-0.05, 0) is 24.5 Å². The SMILES string of the molecule is CCNC(=NCc1cccc(COC)c1)NC1CCS(=O)(=O)C1. The van der Waals surface area contributed by atoms with E-state index in [-0.39, 0.29) is 17.5 Å². The second kappa shape index (κ2) is 8.31. The number of benzene rings is 1. The van der Waals surface area contributed by atoms with E-state index in [1.165, 1.54) is 0 Å². The number of hydrogen-bond donors (Lipinski definition) is 2. The van der Waals surface area contributed by atoms with Gasteiger partial charge >= 0.3 is 0 Å². The molecule has 1 aromatic rings. The number of rotatable bonds is 6. The number of aliphatic imine (C=N–C) groups is 1. The van der Waals surface area contributed by atoms with Crippen molar-refractivity contribution in [1.82, 2.24) is 10.6 Å². The van der Waals surface area contributed by atoms with Crippen LogP contribution < -0.4 is 10.6 Å². The average molecular weight is 339 g/mol. The van der Waals surface area contributed by atoms with E-state index in [0.29, 0.717) is 25.5 Å². The molecule has 1 aliphatic heterocycles. The summed E-state index contributed by atoms with van der Waals surface area (Å²) in [5.74, 6) is 1.09. The summed E-state index contributed by atoms with van der Waals surface area (Å²) in [7, 11) is -1.22. The Morgan fingerprint density at radius 1 is 1.39 bits per heavy atom. The van der Waals surface area contributed by atoms with Crippen LogP contribution in [0, 0.1) is 0 Å². The molecule has 0 saturated carbocycles. The van der Waals surface area contributed by atoms with Gasteiger partial charge < -0.3 is 15.4 Å². The second-order valence-corrected chi connectivity index (χ2v) is 7.92. The topological polar surface area (TPSA) is 79.8 Å². The highest BCUT2D eigenvalue weighted by atomic mass is 32.2. The Kier molecular flexibility index (Phi) is 6.41. The molecule has 0 aromatic heterocycles. The van der Waals surface area contributed by atoms with Gasteiger partial charge in [0.15, 0.2) is 15.8 Å². The van der Waals surface area contributed by atoms with Gasteiger partial charge in [-0.15, -0.1) is 0 Å². The quantitative estimate of drug-likeness (QED) is 0.599. The van der Waals surface area contributed by atoms with E-state index in [1.54, 1.807) is 7.11 Å². The Morgan fingerprint density at radius 3 is 2.83 bits per heavy atom. The van der Waals surface area contributed by atoms with Crippen molar-refractivity contribution in [1.29, 1.82) is 0 Å². The average Bonchev–Trinajstić information content (AvgIpc) is 2.85. The zero-order chi connectivity index (χ0) is 16.7. The Hall–Kier alpha value is -1.60. The number of nitrogens with one attached hydrogen (secondary N) is 2. The van der Waals surface area contributed by atoms with Crippen LogP contribution in [0.3, 0.4) is 0 Å². The van der Waals surface area contributed by atoms with Crippen molar-refractivity contribution in [2.24, 2.45) is 4.99 Å². The van der Waals surface area contributed by atoms with Crippen LogP contribution in [-0.2, 0) is 27.7 Å². The van der Waals surface area contributed by atoms with Gasteiger partial charge in [-0.3, -0.25) is 0 Å². The van der Waals surface area contributed by atoms with Crippen LogP contribution in [0.5, 0.6) is 0 Å². The lowest BCUT2D eigenvalue weighted by molar-refractivity contribution is 0.185. The normalized spacial score (nSPS) is 20.4. The highest BCUT2D eigenvalue weighted by molar-refractivity contribution is 7.91. The van der Waals surface area contributed by atoms with Gasteiger partial charge in [0.25, 0.3) is 0 Å². The maximum absolute atomic E-state index is 11.5. The predicted molar refractivity (Wildman–Crippen MR) is 92.2 cm³/mol. The molecule has 2 N–H and O–H groups in total. The van der Waals surface area contributed by atoms with E-state index in [1.807, 2.05) is 25.1 Å². The molecule has 0 spiro atoms. The van der Waals surface area contributed by atoms with Crippen LogP contribution in [0.2, 0.25) is 0 Å². The fourth-order valence-corrected chi connectivity index (χ4v) is 4.25. The minimum Gasteiger partial charge on any atom is -0.380 e. The Bertz CT molecular complexity index is 644. The molecule has 0 bridgehead atoms. The molecule has 128 valence electrons. The number of hydrogen-bond acceptors (Lipinski definition) is 4. The summed E-state index contributed by atoms with van der Waals surface area (Å²) >= 11 is 0. The van der Waals surface area contributed by atoms with E-state index >= 15 is 0 Å². The van der Waals surface area contributed by atoms with Crippen LogP contribution in [0.4, 0.5) is 0 Å². The first kappa shape index (κ1) is 17.7. The van der Waals surface area contributed by atoms with Gasteiger partial charge in [0, 0.05) is 19.7 Å². The fourth-order valence-electron chi connectivity index (χ4n) is 2.58. The molecule has 6 nitrogen and oxygen atoms in total. The van der Waals surface area contributed by atoms with Crippen LogP contribution >= 0.6 is 0 Å². The fraction of sp³-hybridized carbons (Fsp3) is 0.562. The largest absolute Gasteiger partial charge is 0.380 e. The van der Waals surface area contributed by atoms with Crippen LogP contribution in [0.25, 0.3) is 0 Å². The van der Waals surface area contributed by atoms with Crippen LogP contribution in [-0.4, -0.2) is 45.6 Å². The monoisotopic (exact) mass is 339 g/mol. The molecule has 23 heavy (non-hydrogen) atoms. The highest BCUT2D eigenvalue weighted by Crippen LogP contribution is 2.11. The highest BCUT2D eigenvalue weighted by Gasteiger charge is 2.28. The summed E-state index contributed by atoms with van der Waals surface area (Å²) in [5, 5.41) is 6.38. The van der Waals surface area contributed by atoms with Gasteiger partial charge in [0.05, 0.1) is 24.7 Å². The van der Waals surface area contributed by atoms with Gasteiger partial charge in [-0.1, -0.05) is 24.3 Å². The van der Waals surface area contributed by atoms with Crippen molar-refractivity contribution >= 4 is 15.8 Å². The third kappa shape index (κ3) is 5.84. The number of ether oxygens (including phenoxy) is 1. The molecule has 7 heteroatoms. The summed E-state index contributed by atoms with van der Waals surface area (Å²) in [6, 6.07) is 8.04. The molecule has 0 amide bonds. The van der Waals surface area contributed by atoms with E-state index in [9.17, 15) is 8.42 Å². The molecule has 1 aromatic carbocycles. The van der Waals surface area contributed by atoms with Gasteiger partial charge in [-0.25, -0.2) is 13.4 Å². The van der Waals surface area contributed by atoms with Crippen LogP contribution in [0.1, 0.15) is 24.5 Å². The molecule has 1 fully saturated rings. The first-order valence-corrected chi connectivity index (χ1v) is 9.66. The first-order chi connectivity index (χ1) is 11.0. The summed E-state index contributed by atoms with van der Waals surface area (Å²) in [4.78, 5) is 4.55. The predicted octanol–water partition coefficient (Wildman–Crippen LogP) is 1.08. The molecule has 1 heterocycles. The smallest absolute Gasteiger partial charge is 0.191 e. The number of sulfone groups is 1. The van der Waals surface area contributed by atoms with Crippen LogP contribution in [0.15, 0.2) is 29.3 Å². The third-order valence-electron chi connectivity index (χ3n) is 3.64. The van der Waals surface area contributed by atoms with Gasteiger partial charge in [-0.2, -0.15) is 0 Å². The molecule has 1 atom stereocenters. The maximum atomic E-state index is 11.5. The minimum absolute atomic E-state index is 0.0578. The lowest BCUT2D eigenvalue weighted by Crippen LogP contribution is -2.44. The standard InChI is InChI=1S/C16H25N3O3S/c1-3-17-16(19-15-7-8-23(20,21)12-15)18-10-13-5-4-6-14(9-13)11-22-2/h4-6,9,15H,3,7-8,10-12H2,1-2H3,(H2,17,18,19). The zero-order valence-electron chi connectivity index (χ0n) is 13.7. The van der Waals surface area contributed by atoms with Crippen molar-refractivity contribution in [3.05, 3.63) is 35.4 Å². The summed E-state index contributed by atoms with van der Waals surface area (Å²) in [5.41, 5.74) is 2.20. The first-order valence-electron chi connectivity index (χ1n) is 7.84. The van der Waals surface area contributed by atoms with Crippen molar-refractivity contribution in [3.8, 4) is 0 Å². The second-order valence-electron chi connectivity index (χ2n) is 5.69. The summed E-state index contributed by atoms with van der Waals surface area (Å²) in [6.07, 6.45) is 0.635. The van der Waals surface area contributed by atoms with Gasteiger partial charge in [0.1, 0.15) is 0 Å². The molecule has 1 aliphatic rings. The van der Waals surface area contributed by atoms with Crippen molar-refractivity contribution in [3.63, 3.8) is 0 Å². The molecule has 0 aliphatic carbocycles. The zero-order valence-corrected chi connectivity index (χ0v) is 14.5. The molecule has 0 radical (unpaired) electrons. The molecule has 1 saturated heterocycles. The number of methoxy groups -OCH3 is 1. The Morgan fingerprint density at radius 2 is 2.17 bits per heavy atom. The number of nitrogens with zero attached hydrogens (tertiary/aromatic N) is 1. The molecular formula is C16H25N3O3S. The Balaban J connectivity index is 1.99. The third-order valence-corrected chi connectivity index (χ3v) is 5.41. The lowest BCUT2D eigenvalue weighted by atomic mass is 10.1. The summed E-state index contributed by atoms with van der Waals surface area (Å²) in [6.45, 7) is 3.83. The van der Waals surface area contributed by atoms with E-state index in [2.05, 4.69) is 21.7 Å². The summed E-state index contributed by atoms with van der Waals surface area (Å²) < 4.78 is 28.2. The molecular weight excluding hydrogens is 314 g/mol. The van der Waals surface area contributed by atoms with Crippen molar-refractivity contribution < 1.29 is 13.2 Å². The molecule has 1 unspecified atom stereocenters. The van der Waals surface area contributed by atoms with Crippen molar-refractivity contribution in [2.45, 2.75) is 32.5 Å².